The van der Waals surface area contributed by atoms with Gasteiger partial charge in [0.15, 0.2) is 0 Å². The molecule has 1 heterocycles. The molecule has 1 aromatic rings. The molecular weight excluding hydrogens is 232 g/mol. The van der Waals surface area contributed by atoms with Gasteiger partial charge in [-0.15, -0.1) is 0 Å². The fourth-order valence-corrected chi connectivity index (χ4v) is 2.62. The van der Waals surface area contributed by atoms with E-state index in [0.29, 0.717) is 5.92 Å². The molecule has 0 N–H and O–H groups in total. The zero-order valence-corrected chi connectivity index (χ0v) is 11.2. The van der Waals surface area contributed by atoms with Crippen molar-refractivity contribution in [2.24, 2.45) is 5.92 Å². The molecule has 0 saturated carbocycles. The van der Waals surface area contributed by atoms with Gasteiger partial charge < -0.3 is 9.80 Å². The quantitative estimate of drug-likeness (QED) is 0.810. The highest BCUT2D eigenvalue weighted by Gasteiger charge is 2.15. The first-order valence-electron chi connectivity index (χ1n) is 6.94. The van der Waals surface area contributed by atoms with Crippen LogP contribution in [-0.2, 0) is 6.54 Å². The smallest absolute Gasteiger partial charge is 0.0897 e. The standard InChI is InChI=1S/C17H20N2/c1-3-7-16(8-4-1)13-18-11-12-19(15-18)14-17-9-5-2-6-10-17/h1-9,11-12,17H,10,13-15H2. The lowest BCUT2D eigenvalue weighted by Crippen LogP contribution is -2.28. The van der Waals surface area contributed by atoms with Crippen molar-refractivity contribution in [3.63, 3.8) is 0 Å². The molecule has 0 saturated heterocycles. The second kappa shape index (κ2) is 5.79. The fourth-order valence-electron chi connectivity index (χ4n) is 2.62. The third kappa shape index (κ3) is 3.28. The van der Waals surface area contributed by atoms with Gasteiger partial charge in [0.25, 0.3) is 0 Å². The minimum absolute atomic E-state index is 0.659. The Morgan fingerprint density at radius 1 is 1.00 bits per heavy atom. The third-order valence-corrected chi connectivity index (χ3v) is 3.62. The minimum atomic E-state index is 0.659. The SMILES string of the molecule is C1=CCC(CN2C=CN(Cc3ccccc3)C2)C=C1. The van der Waals surface area contributed by atoms with Crippen molar-refractivity contribution in [3.05, 3.63) is 72.6 Å². The zero-order valence-electron chi connectivity index (χ0n) is 11.2. The number of allylic oxidation sites excluding steroid dienone is 3. The van der Waals surface area contributed by atoms with Gasteiger partial charge in [0.05, 0.1) is 6.67 Å². The lowest BCUT2D eigenvalue weighted by molar-refractivity contribution is 0.244. The van der Waals surface area contributed by atoms with E-state index in [-0.39, 0.29) is 0 Å². The molecule has 0 aromatic heterocycles. The summed E-state index contributed by atoms with van der Waals surface area (Å²) in [4.78, 5) is 4.76. The van der Waals surface area contributed by atoms with E-state index in [4.69, 9.17) is 0 Å². The lowest BCUT2D eigenvalue weighted by atomic mass is 10.0. The van der Waals surface area contributed by atoms with Gasteiger partial charge in [0.1, 0.15) is 0 Å². The average Bonchev–Trinajstić information content (AvgIpc) is 2.88. The fraction of sp³-hybridized carbons (Fsp3) is 0.294. The van der Waals surface area contributed by atoms with Crippen LogP contribution in [0.2, 0.25) is 0 Å². The van der Waals surface area contributed by atoms with Gasteiger partial charge in [0, 0.05) is 25.5 Å². The Kier molecular flexibility index (Phi) is 3.68. The largest absolute Gasteiger partial charge is 0.358 e. The van der Waals surface area contributed by atoms with Crippen LogP contribution in [0.25, 0.3) is 0 Å². The molecule has 3 rings (SSSR count). The summed E-state index contributed by atoms with van der Waals surface area (Å²) in [6.45, 7) is 3.11. The van der Waals surface area contributed by atoms with Crippen LogP contribution in [0.4, 0.5) is 0 Å². The van der Waals surface area contributed by atoms with Gasteiger partial charge in [-0.25, -0.2) is 0 Å². The molecule has 1 aromatic carbocycles. The van der Waals surface area contributed by atoms with E-state index in [1.54, 1.807) is 0 Å². The molecule has 2 aliphatic rings. The summed E-state index contributed by atoms with van der Waals surface area (Å²) >= 11 is 0. The van der Waals surface area contributed by atoms with E-state index in [1.165, 1.54) is 12.0 Å². The maximum atomic E-state index is 2.40. The van der Waals surface area contributed by atoms with Gasteiger partial charge in [-0.2, -0.15) is 0 Å². The number of benzene rings is 1. The van der Waals surface area contributed by atoms with Gasteiger partial charge in [-0.1, -0.05) is 54.6 Å². The normalized spacial score (nSPS) is 21.4. The highest BCUT2D eigenvalue weighted by atomic mass is 15.3. The molecule has 1 unspecified atom stereocenters. The topological polar surface area (TPSA) is 6.48 Å². The van der Waals surface area contributed by atoms with Gasteiger partial charge in [0.2, 0.25) is 0 Å². The first-order valence-corrected chi connectivity index (χ1v) is 6.94. The van der Waals surface area contributed by atoms with Crippen LogP contribution in [-0.4, -0.2) is 23.0 Å². The van der Waals surface area contributed by atoms with Crippen molar-refractivity contribution in [2.45, 2.75) is 13.0 Å². The van der Waals surface area contributed by atoms with Crippen LogP contribution in [0.3, 0.4) is 0 Å². The van der Waals surface area contributed by atoms with E-state index in [9.17, 15) is 0 Å². The second-order valence-electron chi connectivity index (χ2n) is 5.25. The molecule has 2 nitrogen and oxygen atoms in total. The molecule has 0 fully saturated rings. The van der Waals surface area contributed by atoms with Gasteiger partial charge in [-0.3, -0.25) is 0 Å². The molecule has 0 spiro atoms. The Morgan fingerprint density at radius 2 is 1.84 bits per heavy atom. The second-order valence-corrected chi connectivity index (χ2v) is 5.25. The Balaban J connectivity index is 1.49. The molecule has 0 amide bonds. The molecule has 0 radical (unpaired) electrons. The molecule has 98 valence electrons. The summed E-state index contributed by atoms with van der Waals surface area (Å²) in [5.41, 5.74) is 1.37. The molecule has 19 heavy (non-hydrogen) atoms. The number of rotatable bonds is 4. The van der Waals surface area contributed by atoms with Crippen molar-refractivity contribution in [2.75, 3.05) is 13.2 Å². The molecular formula is C17H20N2. The van der Waals surface area contributed by atoms with E-state index >= 15 is 0 Å². The predicted molar refractivity (Wildman–Crippen MR) is 79.1 cm³/mol. The van der Waals surface area contributed by atoms with Crippen LogP contribution in [0, 0.1) is 5.92 Å². The Bertz CT molecular complexity index is 487. The summed E-state index contributed by atoms with van der Waals surface area (Å²) in [6, 6.07) is 10.6. The molecule has 0 bridgehead atoms. The van der Waals surface area contributed by atoms with Crippen molar-refractivity contribution < 1.29 is 0 Å². The zero-order chi connectivity index (χ0) is 12.9. The van der Waals surface area contributed by atoms with Crippen LogP contribution in [0.5, 0.6) is 0 Å². The Morgan fingerprint density at radius 3 is 2.63 bits per heavy atom. The Hall–Kier alpha value is -1.96. The third-order valence-electron chi connectivity index (χ3n) is 3.62. The van der Waals surface area contributed by atoms with Crippen molar-refractivity contribution >= 4 is 0 Å². The van der Waals surface area contributed by atoms with Crippen LogP contribution >= 0.6 is 0 Å². The summed E-state index contributed by atoms with van der Waals surface area (Å²) in [5, 5.41) is 0. The monoisotopic (exact) mass is 252 g/mol. The van der Waals surface area contributed by atoms with Crippen LogP contribution < -0.4 is 0 Å². The van der Waals surface area contributed by atoms with E-state index < -0.39 is 0 Å². The highest BCUT2D eigenvalue weighted by molar-refractivity contribution is 5.15. The maximum absolute atomic E-state index is 2.40. The maximum Gasteiger partial charge on any atom is 0.0897 e. The summed E-state index contributed by atoms with van der Waals surface area (Å²) < 4.78 is 0. The molecule has 1 aliphatic heterocycles. The van der Waals surface area contributed by atoms with Crippen molar-refractivity contribution in [1.29, 1.82) is 0 Å². The molecule has 2 heteroatoms. The van der Waals surface area contributed by atoms with Gasteiger partial charge >= 0.3 is 0 Å². The minimum Gasteiger partial charge on any atom is -0.358 e. The summed E-state index contributed by atoms with van der Waals surface area (Å²) in [7, 11) is 0. The predicted octanol–water partition coefficient (Wildman–Crippen LogP) is 3.37. The summed E-state index contributed by atoms with van der Waals surface area (Å²) in [5.74, 6) is 0.659. The first kappa shape index (κ1) is 12.1. The van der Waals surface area contributed by atoms with Crippen LogP contribution in [0.1, 0.15) is 12.0 Å². The van der Waals surface area contributed by atoms with E-state index in [1.807, 2.05) is 0 Å². The van der Waals surface area contributed by atoms with Gasteiger partial charge in [-0.05, 0) is 17.9 Å². The van der Waals surface area contributed by atoms with Crippen molar-refractivity contribution in [3.8, 4) is 0 Å². The van der Waals surface area contributed by atoms with E-state index in [0.717, 1.165) is 19.8 Å². The van der Waals surface area contributed by atoms with E-state index in [2.05, 4.69) is 76.8 Å². The number of hydrogen-bond acceptors (Lipinski definition) is 2. The Labute approximate surface area is 115 Å². The van der Waals surface area contributed by atoms with Crippen molar-refractivity contribution in [1.82, 2.24) is 9.80 Å². The molecule has 1 atom stereocenters. The lowest BCUT2D eigenvalue weighted by Gasteiger charge is -2.24. The first-order chi connectivity index (χ1) is 9.40. The number of hydrogen-bond donors (Lipinski definition) is 0. The van der Waals surface area contributed by atoms with Crippen LogP contribution in [0.15, 0.2) is 67.0 Å². The number of nitrogens with zero attached hydrogens (tertiary/aromatic N) is 2. The summed E-state index contributed by atoms with van der Waals surface area (Å²) in [6.07, 6.45) is 14.5. The molecule has 1 aliphatic carbocycles. The highest BCUT2D eigenvalue weighted by Crippen LogP contribution is 2.17. The average molecular weight is 252 g/mol.